The van der Waals surface area contributed by atoms with E-state index in [1.54, 1.807) is 54.3 Å². The lowest BCUT2D eigenvalue weighted by Crippen LogP contribution is -2.46. The van der Waals surface area contributed by atoms with Gasteiger partial charge in [0.1, 0.15) is 29.6 Å². The maximum Gasteiger partial charge on any atom is 0.267 e. The Balaban J connectivity index is 1.38. The van der Waals surface area contributed by atoms with Crippen LogP contribution in [0, 0.1) is 6.92 Å². The Bertz CT molecular complexity index is 1210. The fraction of sp³-hybridized carbons (Fsp3) is 0.286. The Kier molecular flexibility index (Phi) is 7.95. The Morgan fingerprint density at radius 1 is 0.972 bits per heavy atom. The molecule has 188 valence electrons. The highest BCUT2D eigenvalue weighted by Crippen LogP contribution is 2.36. The number of anilines is 2. The number of amides is 2. The van der Waals surface area contributed by atoms with E-state index in [4.69, 9.17) is 18.9 Å². The summed E-state index contributed by atoms with van der Waals surface area (Å²) in [5.41, 5.74) is 2.21. The minimum absolute atomic E-state index is 0.161. The predicted molar refractivity (Wildman–Crippen MR) is 137 cm³/mol. The number of nitrogens with zero attached hydrogens (tertiary/aromatic N) is 1. The Labute approximate surface area is 210 Å². The van der Waals surface area contributed by atoms with Gasteiger partial charge in [-0.05, 0) is 80.9 Å². The van der Waals surface area contributed by atoms with Gasteiger partial charge in [-0.1, -0.05) is 12.1 Å². The van der Waals surface area contributed by atoms with E-state index in [-0.39, 0.29) is 18.4 Å². The summed E-state index contributed by atoms with van der Waals surface area (Å²) in [5.74, 6) is 2.13. The molecule has 1 aliphatic heterocycles. The Hall–Kier alpha value is -4.20. The summed E-state index contributed by atoms with van der Waals surface area (Å²) in [7, 11) is 0. The molecular formula is C28H30N2O6. The van der Waals surface area contributed by atoms with Gasteiger partial charge in [0.05, 0.1) is 18.8 Å². The molecule has 1 N–H and O–H groups in total. The van der Waals surface area contributed by atoms with E-state index in [9.17, 15) is 9.59 Å². The van der Waals surface area contributed by atoms with Gasteiger partial charge in [0.15, 0.2) is 12.7 Å². The second kappa shape index (κ2) is 11.5. The summed E-state index contributed by atoms with van der Waals surface area (Å²) in [5, 5.41) is 2.82. The molecule has 4 rings (SSSR count). The van der Waals surface area contributed by atoms with Gasteiger partial charge >= 0.3 is 0 Å². The first-order valence-corrected chi connectivity index (χ1v) is 11.9. The van der Waals surface area contributed by atoms with Crippen molar-refractivity contribution >= 4 is 23.2 Å². The van der Waals surface area contributed by atoms with E-state index >= 15 is 0 Å². The van der Waals surface area contributed by atoms with Crippen molar-refractivity contribution in [1.29, 1.82) is 0 Å². The van der Waals surface area contributed by atoms with Crippen LogP contribution >= 0.6 is 0 Å². The topological polar surface area (TPSA) is 86.3 Å². The molecule has 1 aliphatic rings. The number of hydrogen-bond donors (Lipinski definition) is 1. The van der Waals surface area contributed by atoms with Gasteiger partial charge in [-0.2, -0.15) is 0 Å². The van der Waals surface area contributed by atoms with Gasteiger partial charge in [0.25, 0.3) is 11.8 Å². The molecule has 8 nitrogen and oxygen atoms in total. The number of carbonyl (C=O) groups is 2. The van der Waals surface area contributed by atoms with E-state index in [0.717, 1.165) is 17.1 Å². The minimum atomic E-state index is -0.612. The van der Waals surface area contributed by atoms with Crippen LogP contribution < -0.4 is 29.2 Å². The van der Waals surface area contributed by atoms with Crippen molar-refractivity contribution < 1.29 is 28.5 Å². The third kappa shape index (κ3) is 6.27. The SMILES string of the molecule is CCOc1ccc(OCC(=O)Nc2ccc3c(c2)N(CCOc2cccc(C)c2)C(=O)C(C)O3)cc1. The Morgan fingerprint density at radius 3 is 2.44 bits per heavy atom. The number of ether oxygens (including phenoxy) is 4. The number of carbonyl (C=O) groups excluding carboxylic acids is 2. The lowest BCUT2D eigenvalue weighted by atomic mass is 10.1. The average Bonchev–Trinajstić information content (AvgIpc) is 2.86. The summed E-state index contributed by atoms with van der Waals surface area (Å²) in [6, 6.07) is 20.0. The molecule has 1 unspecified atom stereocenters. The molecule has 0 spiro atoms. The van der Waals surface area contributed by atoms with E-state index in [2.05, 4.69) is 5.32 Å². The molecule has 2 amide bonds. The van der Waals surface area contributed by atoms with Crippen LogP contribution in [0.25, 0.3) is 0 Å². The summed E-state index contributed by atoms with van der Waals surface area (Å²) in [6.45, 7) is 6.70. The first-order valence-electron chi connectivity index (χ1n) is 11.9. The van der Waals surface area contributed by atoms with E-state index in [1.165, 1.54) is 0 Å². The van der Waals surface area contributed by atoms with Crippen molar-refractivity contribution in [2.45, 2.75) is 26.9 Å². The van der Waals surface area contributed by atoms with Crippen LogP contribution in [0.5, 0.6) is 23.0 Å². The second-order valence-electron chi connectivity index (χ2n) is 8.34. The summed E-state index contributed by atoms with van der Waals surface area (Å²) in [4.78, 5) is 27.0. The number of hydrogen-bond acceptors (Lipinski definition) is 6. The quantitative estimate of drug-likeness (QED) is 0.447. The molecule has 1 heterocycles. The van der Waals surface area contributed by atoms with Crippen molar-refractivity contribution in [2.24, 2.45) is 0 Å². The number of nitrogens with one attached hydrogen (secondary N) is 1. The highest BCUT2D eigenvalue weighted by atomic mass is 16.5. The summed E-state index contributed by atoms with van der Waals surface area (Å²) in [6.07, 6.45) is -0.612. The number of benzene rings is 3. The third-order valence-corrected chi connectivity index (χ3v) is 5.53. The molecule has 0 bridgehead atoms. The van der Waals surface area contributed by atoms with Crippen molar-refractivity contribution in [1.82, 2.24) is 0 Å². The second-order valence-corrected chi connectivity index (χ2v) is 8.34. The number of aryl methyl sites for hydroxylation is 1. The number of fused-ring (bicyclic) bond motifs is 1. The van der Waals surface area contributed by atoms with Crippen LogP contribution in [-0.4, -0.2) is 44.3 Å². The zero-order valence-corrected chi connectivity index (χ0v) is 20.7. The highest BCUT2D eigenvalue weighted by molar-refractivity contribution is 6.01. The van der Waals surface area contributed by atoms with Crippen molar-refractivity contribution in [2.75, 3.05) is 36.6 Å². The maximum absolute atomic E-state index is 12.9. The molecule has 3 aromatic carbocycles. The first-order chi connectivity index (χ1) is 17.4. The molecule has 0 fully saturated rings. The summed E-state index contributed by atoms with van der Waals surface area (Å²) >= 11 is 0. The van der Waals surface area contributed by atoms with Crippen LogP contribution in [0.3, 0.4) is 0 Å². The molecule has 8 heteroatoms. The molecule has 0 aromatic heterocycles. The van der Waals surface area contributed by atoms with Gasteiger partial charge in [-0.25, -0.2) is 0 Å². The van der Waals surface area contributed by atoms with Crippen LogP contribution in [0.15, 0.2) is 66.7 Å². The molecule has 1 atom stereocenters. The maximum atomic E-state index is 12.9. The highest BCUT2D eigenvalue weighted by Gasteiger charge is 2.31. The monoisotopic (exact) mass is 490 g/mol. The average molecular weight is 491 g/mol. The zero-order valence-electron chi connectivity index (χ0n) is 20.7. The minimum Gasteiger partial charge on any atom is -0.494 e. The smallest absolute Gasteiger partial charge is 0.267 e. The van der Waals surface area contributed by atoms with Crippen LogP contribution in [0.2, 0.25) is 0 Å². The van der Waals surface area contributed by atoms with Crippen LogP contribution in [-0.2, 0) is 9.59 Å². The fourth-order valence-corrected chi connectivity index (χ4v) is 3.82. The van der Waals surface area contributed by atoms with E-state index in [0.29, 0.717) is 42.6 Å². The first kappa shape index (κ1) is 24.9. The normalized spacial score (nSPS) is 14.5. The van der Waals surface area contributed by atoms with Crippen LogP contribution in [0.4, 0.5) is 11.4 Å². The van der Waals surface area contributed by atoms with Gasteiger partial charge in [0.2, 0.25) is 0 Å². The molecule has 3 aromatic rings. The molecular weight excluding hydrogens is 460 g/mol. The molecule has 0 saturated carbocycles. The van der Waals surface area contributed by atoms with E-state index < -0.39 is 6.10 Å². The van der Waals surface area contributed by atoms with Crippen molar-refractivity contribution in [3.63, 3.8) is 0 Å². The fourth-order valence-electron chi connectivity index (χ4n) is 3.82. The van der Waals surface area contributed by atoms with Gasteiger partial charge in [0, 0.05) is 5.69 Å². The lowest BCUT2D eigenvalue weighted by Gasteiger charge is -2.33. The molecule has 36 heavy (non-hydrogen) atoms. The number of rotatable bonds is 10. The van der Waals surface area contributed by atoms with Crippen molar-refractivity contribution in [3.05, 3.63) is 72.3 Å². The standard InChI is InChI=1S/C28H30N2O6/c1-4-33-22-9-11-23(12-10-22)35-18-27(31)29-21-8-13-26-25(17-21)30(28(32)20(3)36-26)14-15-34-24-7-5-6-19(2)16-24/h5-13,16-17,20H,4,14-15,18H2,1-3H3,(H,29,31). The summed E-state index contributed by atoms with van der Waals surface area (Å²) < 4.78 is 22.6. The van der Waals surface area contributed by atoms with Gasteiger partial charge < -0.3 is 29.2 Å². The van der Waals surface area contributed by atoms with Crippen molar-refractivity contribution in [3.8, 4) is 23.0 Å². The molecule has 0 radical (unpaired) electrons. The zero-order chi connectivity index (χ0) is 25.5. The predicted octanol–water partition coefficient (Wildman–Crippen LogP) is 4.60. The third-order valence-electron chi connectivity index (χ3n) is 5.53. The van der Waals surface area contributed by atoms with Gasteiger partial charge in [-0.15, -0.1) is 0 Å². The molecule has 0 aliphatic carbocycles. The largest absolute Gasteiger partial charge is 0.494 e. The molecule has 0 saturated heterocycles. The Morgan fingerprint density at radius 2 is 1.72 bits per heavy atom. The lowest BCUT2D eigenvalue weighted by molar-refractivity contribution is -0.125. The van der Waals surface area contributed by atoms with E-state index in [1.807, 2.05) is 38.1 Å². The van der Waals surface area contributed by atoms with Crippen LogP contribution in [0.1, 0.15) is 19.4 Å². The van der Waals surface area contributed by atoms with Gasteiger partial charge in [-0.3, -0.25) is 9.59 Å².